The maximum Gasteiger partial charge on any atom is 0.0861 e. The van der Waals surface area contributed by atoms with Crippen molar-refractivity contribution in [3.63, 3.8) is 0 Å². The maximum absolute atomic E-state index is 10.3. The van der Waals surface area contributed by atoms with Crippen molar-refractivity contribution in [2.24, 2.45) is 5.92 Å². The molecule has 1 aliphatic carbocycles. The molecule has 0 heterocycles. The predicted octanol–water partition coefficient (Wildman–Crippen LogP) is 6.70. The first-order valence-corrected chi connectivity index (χ1v) is 11.3. The Labute approximate surface area is 178 Å². The summed E-state index contributed by atoms with van der Waals surface area (Å²) < 4.78 is 1.08. The Morgan fingerprint density at radius 3 is 2.36 bits per heavy atom. The van der Waals surface area contributed by atoms with Crippen molar-refractivity contribution in [1.29, 1.82) is 5.26 Å². The second-order valence-corrected chi connectivity index (χ2v) is 9.20. The summed E-state index contributed by atoms with van der Waals surface area (Å²) in [5.74, 6) is 0.484. The molecule has 28 heavy (non-hydrogen) atoms. The lowest BCUT2D eigenvalue weighted by molar-refractivity contribution is 0.169. The van der Waals surface area contributed by atoms with Crippen LogP contribution in [-0.2, 0) is 12.0 Å². The van der Waals surface area contributed by atoms with Crippen molar-refractivity contribution in [3.05, 3.63) is 70.2 Å². The minimum Gasteiger partial charge on any atom is -0.297 e. The van der Waals surface area contributed by atoms with Gasteiger partial charge >= 0.3 is 0 Å². The van der Waals surface area contributed by atoms with E-state index in [0.717, 1.165) is 30.4 Å². The molecule has 2 nitrogen and oxygen atoms in total. The first-order chi connectivity index (χ1) is 13.6. The highest BCUT2D eigenvalue weighted by Crippen LogP contribution is 2.48. The third-order valence-electron chi connectivity index (χ3n) is 6.33. The number of benzene rings is 2. The van der Waals surface area contributed by atoms with Crippen LogP contribution in [0.4, 0.5) is 0 Å². The highest BCUT2D eigenvalue weighted by molar-refractivity contribution is 9.10. The second kappa shape index (κ2) is 9.72. The Bertz CT molecular complexity index is 792. The molecule has 0 radical (unpaired) electrons. The Morgan fingerprint density at radius 2 is 1.79 bits per heavy atom. The lowest BCUT2D eigenvalue weighted by Crippen LogP contribution is -2.39. The fourth-order valence-electron chi connectivity index (χ4n) is 4.39. The van der Waals surface area contributed by atoms with Crippen LogP contribution in [-0.4, -0.2) is 17.5 Å². The van der Waals surface area contributed by atoms with Gasteiger partial charge in [-0.25, -0.2) is 0 Å². The van der Waals surface area contributed by atoms with Crippen LogP contribution in [0.3, 0.4) is 0 Å². The number of rotatable bonds is 9. The molecule has 1 saturated carbocycles. The van der Waals surface area contributed by atoms with Crippen LogP contribution in [0.15, 0.2) is 59.1 Å². The number of nitriles is 1. The fraction of sp³-hybridized carbons (Fsp3) is 0.480. The third kappa shape index (κ3) is 4.67. The average Bonchev–Trinajstić information content (AvgIpc) is 2.66. The Balaban J connectivity index is 1.73. The zero-order chi connectivity index (χ0) is 20.0. The SMILES string of the molecule is CC(C)N(CCCC(C#N)(c1ccccc1Br)C1CCC1)Cc1ccccc1. The normalized spacial score (nSPS) is 16.6. The van der Waals surface area contributed by atoms with E-state index in [0.29, 0.717) is 12.0 Å². The van der Waals surface area contributed by atoms with Crippen LogP contribution in [0, 0.1) is 17.2 Å². The highest BCUT2D eigenvalue weighted by atomic mass is 79.9. The van der Waals surface area contributed by atoms with Gasteiger partial charge in [-0.15, -0.1) is 0 Å². The van der Waals surface area contributed by atoms with Gasteiger partial charge in [-0.05, 0) is 69.2 Å². The van der Waals surface area contributed by atoms with Crippen LogP contribution < -0.4 is 0 Å². The first-order valence-electron chi connectivity index (χ1n) is 10.5. The zero-order valence-electron chi connectivity index (χ0n) is 17.1. The summed E-state index contributed by atoms with van der Waals surface area (Å²) in [5.41, 5.74) is 2.17. The van der Waals surface area contributed by atoms with Crippen molar-refractivity contribution in [3.8, 4) is 6.07 Å². The molecule has 1 aliphatic rings. The lowest BCUT2D eigenvalue weighted by atomic mass is 9.61. The van der Waals surface area contributed by atoms with E-state index in [1.807, 2.05) is 6.07 Å². The van der Waals surface area contributed by atoms with E-state index in [1.54, 1.807) is 0 Å². The van der Waals surface area contributed by atoms with Crippen LogP contribution >= 0.6 is 15.9 Å². The first kappa shape index (κ1) is 21.1. The van der Waals surface area contributed by atoms with Crippen molar-refractivity contribution in [2.75, 3.05) is 6.54 Å². The molecule has 3 heteroatoms. The van der Waals surface area contributed by atoms with Gasteiger partial charge in [0.1, 0.15) is 0 Å². The fourth-order valence-corrected chi connectivity index (χ4v) is 5.03. The topological polar surface area (TPSA) is 27.0 Å². The Hall–Kier alpha value is -1.63. The zero-order valence-corrected chi connectivity index (χ0v) is 18.7. The maximum atomic E-state index is 10.3. The van der Waals surface area contributed by atoms with Crippen LogP contribution in [0.5, 0.6) is 0 Å². The smallest absolute Gasteiger partial charge is 0.0861 e. The predicted molar refractivity (Wildman–Crippen MR) is 120 cm³/mol. The van der Waals surface area contributed by atoms with Gasteiger partial charge in [0.15, 0.2) is 0 Å². The molecule has 0 bridgehead atoms. The van der Waals surface area contributed by atoms with Gasteiger partial charge in [-0.3, -0.25) is 4.90 Å². The third-order valence-corrected chi connectivity index (χ3v) is 7.02. The Kier molecular flexibility index (Phi) is 7.32. The largest absolute Gasteiger partial charge is 0.297 e. The summed E-state index contributed by atoms with van der Waals surface area (Å²) in [5, 5.41) is 10.3. The minimum absolute atomic E-state index is 0.367. The molecule has 0 aromatic heterocycles. The van der Waals surface area contributed by atoms with E-state index in [2.05, 4.69) is 89.3 Å². The summed E-state index contributed by atoms with van der Waals surface area (Å²) in [6.07, 6.45) is 5.56. The van der Waals surface area contributed by atoms with Gasteiger partial charge in [0, 0.05) is 17.1 Å². The van der Waals surface area contributed by atoms with Crippen molar-refractivity contribution in [2.45, 2.75) is 64.0 Å². The summed E-state index contributed by atoms with van der Waals surface area (Å²) >= 11 is 3.72. The van der Waals surface area contributed by atoms with E-state index >= 15 is 0 Å². The number of hydrogen-bond donors (Lipinski definition) is 0. The molecule has 0 N–H and O–H groups in total. The average molecular weight is 439 g/mol. The molecule has 0 aliphatic heterocycles. The Morgan fingerprint density at radius 1 is 1.11 bits per heavy atom. The summed E-state index contributed by atoms with van der Waals surface area (Å²) in [6.45, 7) is 6.52. The van der Waals surface area contributed by atoms with E-state index in [9.17, 15) is 5.26 Å². The molecule has 2 aromatic carbocycles. The quantitative estimate of drug-likeness (QED) is 0.435. The molecule has 0 amide bonds. The van der Waals surface area contributed by atoms with E-state index in [-0.39, 0.29) is 5.41 Å². The molecule has 0 saturated heterocycles. The molecule has 0 spiro atoms. The highest BCUT2D eigenvalue weighted by Gasteiger charge is 2.44. The number of hydrogen-bond acceptors (Lipinski definition) is 2. The summed E-state index contributed by atoms with van der Waals surface area (Å²) in [4.78, 5) is 2.53. The van der Waals surface area contributed by atoms with Crippen LogP contribution in [0.25, 0.3) is 0 Å². The minimum atomic E-state index is -0.367. The second-order valence-electron chi connectivity index (χ2n) is 8.34. The molecule has 1 atom stereocenters. The van der Waals surface area contributed by atoms with Crippen molar-refractivity contribution < 1.29 is 0 Å². The molecule has 3 rings (SSSR count). The van der Waals surface area contributed by atoms with Crippen molar-refractivity contribution >= 4 is 15.9 Å². The molecular weight excluding hydrogens is 408 g/mol. The monoisotopic (exact) mass is 438 g/mol. The summed E-state index contributed by atoms with van der Waals surface area (Å²) in [7, 11) is 0. The molecule has 1 unspecified atom stereocenters. The van der Waals surface area contributed by atoms with Gasteiger partial charge < -0.3 is 0 Å². The van der Waals surface area contributed by atoms with Gasteiger partial charge in [0.25, 0.3) is 0 Å². The van der Waals surface area contributed by atoms with Gasteiger partial charge in [0.2, 0.25) is 0 Å². The van der Waals surface area contributed by atoms with Gasteiger partial charge in [-0.2, -0.15) is 5.26 Å². The van der Waals surface area contributed by atoms with Gasteiger partial charge in [0.05, 0.1) is 11.5 Å². The van der Waals surface area contributed by atoms with E-state index < -0.39 is 0 Å². The van der Waals surface area contributed by atoms with E-state index in [4.69, 9.17) is 0 Å². The lowest BCUT2D eigenvalue weighted by Gasteiger charge is -2.42. The molecular formula is C25H31BrN2. The summed E-state index contributed by atoms with van der Waals surface area (Å²) in [6, 6.07) is 22.3. The van der Waals surface area contributed by atoms with Crippen LogP contribution in [0.1, 0.15) is 57.1 Å². The number of nitrogens with zero attached hydrogens (tertiary/aromatic N) is 2. The standard InChI is InChI=1S/C25H31BrN2/c1-20(2)28(18-21-10-4-3-5-11-21)17-9-16-25(19-27,22-12-8-13-22)23-14-6-7-15-24(23)26/h3-7,10-11,14-15,20,22H,8-9,12-13,16-18H2,1-2H3. The van der Waals surface area contributed by atoms with Crippen molar-refractivity contribution in [1.82, 2.24) is 4.90 Å². The molecule has 1 fully saturated rings. The molecule has 2 aromatic rings. The van der Waals surface area contributed by atoms with Crippen LogP contribution in [0.2, 0.25) is 0 Å². The van der Waals surface area contributed by atoms with E-state index in [1.165, 1.54) is 30.4 Å². The number of halogens is 1. The molecule has 148 valence electrons. The van der Waals surface area contributed by atoms with Gasteiger partial charge in [-0.1, -0.05) is 70.9 Å².